The number of hydrogen-bond acceptors (Lipinski definition) is 8. The average Bonchev–Trinajstić information content (AvgIpc) is 3.31. The summed E-state index contributed by atoms with van der Waals surface area (Å²) in [5, 5.41) is 20.1. The van der Waals surface area contributed by atoms with Gasteiger partial charge in [-0.15, -0.1) is 10.2 Å². The summed E-state index contributed by atoms with van der Waals surface area (Å²) in [5.74, 6) is 1.42. The fourth-order valence-electron chi connectivity index (χ4n) is 2.30. The first-order chi connectivity index (χ1) is 12.2. The molecule has 0 aliphatic rings. The van der Waals surface area contributed by atoms with E-state index < -0.39 is 0 Å². The van der Waals surface area contributed by atoms with Crippen LogP contribution in [-0.4, -0.2) is 24.8 Å². The van der Waals surface area contributed by atoms with E-state index in [1.165, 1.54) is 28.5 Å². The Morgan fingerprint density at radius 1 is 1.44 bits per heavy atom. The van der Waals surface area contributed by atoms with Crippen LogP contribution in [0.3, 0.4) is 0 Å². The molecule has 1 N–H and O–H groups in total. The number of nitriles is 1. The molecule has 0 radical (unpaired) electrons. The number of nitrogens with one attached hydrogen (secondary N) is 1. The Kier molecular flexibility index (Phi) is 3.62. The SMILES string of the molecule is Cc1occc1-c1nnc(SCc2cc(=O)n3[nH]cc(C#N)c3n2)o1. The molecule has 4 rings (SSSR count). The Bertz CT molecular complexity index is 1160. The van der Waals surface area contributed by atoms with Crippen molar-refractivity contribution in [3.63, 3.8) is 0 Å². The highest BCUT2D eigenvalue weighted by Gasteiger charge is 2.14. The number of furan rings is 1. The van der Waals surface area contributed by atoms with E-state index in [-0.39, 0.29) is 5.56 Å². The van der Waals surface area contributed by atoms with Gasteiger partial charge in [0.05, 0.1) is 17.5 Å². The summed E-state index contributed by atoms with van der Waals surface area (Å²) in [6.45, 7) is 1.81. The summed E-state index contributed by atoms with van der Waals surface area (Å²) in [6.07, 6.45) is 3.00. The van der Waals surface area contributed by atoms with Gasteiger partial charge in [-0.3, -0.25) is 9.89 Å². The van der Waals surface area contributed by atoms with Gasteiger partial charge in [-0.05, 0) is 13.0 Å². The lowest BCUT2D eigenvalue weighted by Gasteiger charge is -1.99. The van der Waals surface area contributed by atoms with E-state index in [9.17, 15) is 4.79 Å². The van der Waals surface area contributed by atoms with Gasteiger partial charge >= 0.3 is 0 Å². The Morgan fingerprint density at radius 3 is 3.08 bits per heavy atom. The molecule has 0 saturated heterocycles. The third-order valence-corrected chi connectivity index (χ3v) is 4.36. The lowest BCUT2D eigenvalue weighted by atomic mass is 10.3. The van der Waals surface area contributed by atoms with E-state index in [1.807, 2.05) is 13.0 Å². The molecule has 10 heteroatoms. The van der Waals surface area contributed by atoms with E-state index in [1.54, 1.807) is 12.3 Å². The fourth-order valence-corrected chi connectivity index (χ4v) is 2.96. The van der Waals surface area contributed by atoms with Crippen molar-refractivity contribution in [2.24, 2.45) is 0 Å². The van der Waals surface area contributed by atoms with Gasteiger partial charge in [0.15, 0.2) is 5.65 Å². The summed E-state index contributed by atoms with van der Waals surface area (Å²) in [4.78, 5) is 16.4. The molecule has 0 unspecified atom stereocenters. The van der Waals surface area contributed by atoms with Crippen molar-refractivity contribution in [1.82, 2.24) is 24.8 Å². The minimum Gasteiger partial charge on any atom is -0.469 e. The molecule has 4 heterocycles. The van der Waals surface area contributed by atoms with Crippen LogP contribution in [0.2, 0.25) is 0 Å². The second kappa shape index (κ2) is 5.95. The molecule has 0 fully saturated rings. The van der Waals surface area contributed by atoms with Crippen LogP contribution in [0.25, 0.3) is 17.1 Å². The van der Waals surface area contributed by atoms with Crippen LogP contribution in [0.5, 0.6) is 0 Å². The number of nitrogens with zero attached hydrogens (tertiary/aromatic N) is 5. The standard InChI is InChI=1S/C15H10N6O3S/c1-8-11(2-3-23-8)14-19-20-15(24-14)25-7-10-4-12(22)21-13(18-10)9(5-16)6-17-21/h2-4,6,17H,7H2,1H3. The van der Waals surface area contributed by atoms with Gasteiger partial charge in [0, 0.05) is 18.0 Å². The monoisotopic (exact) mass is 354 g/mol. The van der Waals surface area contributed by atoms with Gasteiger partial charge in [0.2, 0.25) is 0 Å². The Morgan fingerprint density at radius 2 is 2.32 bits per heavy atom. The van der Waals surface area contributed by atoms with Crippen LogP contribution in [0, 0.1) is 18.3 Å². The second-order valence-electron chi connectivity index (χ2n) is 5.10. The highest BCUT2D eigenvalue weighted by atomic mass is 32.2. The van der Waals surface area contributed by atoms with Crippen LogP contribution < -0.4 is 5.56 Å². The summed E-state index contributed by atoms with van der Waals surface area (Å²) in [5.41, 5.74) is 1.57. The summed E-state index contributed by atoms with van der Waals surface area (Å²) >= 11 is 1.26. The molecular formula is C15H10N6O3S. The molecule has 0 aromatic carbocycles. The molecule has 4 aromatic heterocycles. The van der Waals surface area contributed by atoms with Crippen molar-refractivity contribution in [3.05, 3.63) is 52.0 Å². The second-order valence-corrected chi connectivity index (χ2v) is 6.02. The normalized spacial score (nSPS) is 11.0. The maximum Gasteiger partial charge on any atom is 0.277 e. The largest absolute Gasteiger partial charge is 0.469 e. The third kappa shape index (κ3) is 2.70. The molecule has 0 saturated carbocycles. The van der Waals surface area contributed by atoms with Gasteiger partial charge in [0.25, 0.3) is 16.7 Å². The van der Waals surface area contributed by atoms with Crippen molar-refractivity contribution in [2.45, 2.75) is 17.9 Å². The minimum atomic E-state index is -0.289. The van der Waals surface area contributed by atoms with E-state index in [0.717, 1.165) is 5.56 Å². The first-order valence-electron chi connectivity index (χ1n) is 7.16. The van der Waals surface area contributed by atoms with Gasteiger partial charge in [-0.1, -0.05) is 11.8 Å². The molecule has 124 valence electrons. The van der Waals surface area contributed by atoms with Crippen LogP contribution in [0.15, 0.2) is 43.4 Å². The molecule has 0 aliphatic carbocycles. The molecule has 9 nitrogen and oxygen atoms in total. The maximum atomic E-state index is 12.0. The zero-order chi connectivity index (χ0) is 17.4. The summed E-state index contributed by atoms with van der Waals surface area (Å²) in [6, 6.07) is 5.14. The molecule has 4 aromatic rings. The number of fused-ring (bicyclic) bond motifs is 1. The van der Waals surface area contributed by atoms with Crippen LogP contribution in [-0.2, 0) is 5.75 Å². The number of H-pyrrole nitrogens is 1. The molecule has 0 spiro atoms. The van der Waals surface area contributed by atoms with E-state index in [0.29, 0.717) is 39.5 Å². The van der Waals surface area contributed by atoms with E-state index >= 15 is 0 Å². The first-order valence-corrected chi connectivity index (χ1v) is 8.15. The van der Waals surface area contributed by atoms with Crippen LogP contribution >= 0.6 is 11.8 Å². The first kappa shape index (κ1) is 15.2. The van der Waals surface area contributed by atoms with Crippen molar-refractivity contribution < 1.29 is 8.83 Å². The topological polar surface area (TPSA) is 126 Å². The highest BCUT2D eigenvalue weighted by molar-refractivity contribution is 7.98. The van der Waals surface area contributed by atoms with Crippen LogP contribution in [0.1, 0.15) is 17.0 Å². The lowest BCUT2D eigenvalue weighted by molar-refractivity contribution is 0.463. The van der Waals surface area contributed by atoms with Gasteiger partial charge in [0.1, 0.15) is 17.4 Å². The van der Waals surface area contributed by atoms with Crippen LogP contribution in [0.4, 0.5) is 0 Å². The molecular weight excluding hydrogens is 344 g/mol. The van der Waals surface area contributed by atoms with Gasteiger partial charge in [-0.25, -0.2) is 9.50 Å². The van der Waals surface area contributed by atoms with Crippen molar-refractivity contribution in [3.8, 4) is 17.5 Å². The van der Waals surface area contributed by atoms with Crippen molar-refractivity contribution in [2.75, 3.05) is 0 Å². The number of hydrogen-bond donors (Lipinski definition) is 1. The van der Waals surface area contributed by atoms with E-state index in [4.69, 9.17) is 14.1 Å². The zero-order valence-corrected chi connectivity index (χ0v) is 13.7. The number of aromatic amines is 1. The fraction of sp³-hybridized carbons (Fsp3) is 0.133. The average molecular weight is 354 g/mol. The Balaban J connectivity index is 1.57. The number of rotatable bonds is 4. The smallest absolute Gasteiger partial charge is 0.277 e. The van der Waals surface area contributed by atoms with E-state index in [2.05, 4.69) is 20.3 Å². The van der Waals surface area contributed by atoms with Crippen molar-refractivity contribution in [1.29, 1.82) is 5.26 Å². The lowest BCUT2D eigenvalue weighted by Crippen LogP contribution is -2.15. The van der Waals surface area contributed by atoms with Crippen molar-refractivity contribution >= 4 is 17.4 Å². The molecule has 25 heavy (non-hydrogen) atoms. The summed E-state index contributed by atoms with van der Waals surface area (Å²) < 4.78 is 12.0. The summed E-state index contributed by atoms with van der Waals surface area (Å²) in [7, 11) is 0. The zero-order valence-electron chi connectivity index (χ0n) is 12.9. The highest BCUT2D eigenvalue weighted by Crippen LogP contribution is 2.27. The van der Waals surface area contributed by atoms with Gasteiger partial charge in [-0.2, -0.15) is 5.26 Å². The number of aromatic nitrogens is 5. The number of thioether (sulfide) groups is 1. The molecule has 0 amide bonds. The quantitative estimate of drug-likeness (QED) is 0.552. The predicted octanol–water partition coefficient (Wildman–Crippen LogP) is 2.14. The van der Waals surface area contributed by atoms with Gasteiger partial charge < -0.3 is 8.83 Å². The Hall–Kier alpha value is -3.32. The Labute approximate surface area is 144 Å². The number of aryl methyl sites for hydroxylation is 1. The predicted molar refractivity (Wildman–Crippen MR) is 86.8 cm³/mol. The molecule has 0 atom stereocenters. The molecule has 0 aliphatic heterocycles. The minimum absolute atomic E-state index is 0.289. The maximum absolute atomic E-state index is 12.0. The third-order valence-electron chi connectivity index (χ3n) is 3.51. The molecule has 0 bridgehead atoms.